The highest BCUT2D eigenvalue weighted by molar-refractivity contribution is 6.35. The van der Waals surface area contributed by atoms with Gasteiger partial charge in [0.2, 0.25) is 5.91 Å². The lowest BCUT2D eigenvalue weighted by atomic mass is 10.2. The van der Waals surface area contributed by atoms with Crippen LogP contribution >= 0.6 is 23.2 Å². The van der Waals surface area contributed by atoms with Crippen LogP contribution in [0.5, 0.6) is 0 Å². The molecule has 0 radical (unpaired) electrons. The molecule has 20 heavy (non-hydrogen) atoms. The van der Waals surface area contributed by atoms with E-state index in [0.717, 1.165) is 0 Å². The van der Waals surface area contributed by atoms with Gasteiger partial charge in [-0.05, 0) is 23.8 Å². The standard InChI is InChI=1S/C14H15Cl2NO3/c1-17(8-7-14(19)20-2)13(18)6-4-10-3-5-11(15)9-12(10)16/h3-6,9H,7-8H2,1-2H3/b6-4+. The molecule has 0 fully saturated rings. The van der Waals surface area contributed by atoms with Crippen molar-refractivity contribution < 1.29 is 14.3 Å². The zero-order valence-corrected chi connectivity index (χ0v) is 12.7. The fourth-order valence-electron chi connectivity index (χ4n) is 1.40. The van der Waals surface area contributed by atoms with Crippen LogP contribution in [0.4, 0.5) is 0 Å². The number of methoxy groups -OCH3 is 1. The average Bonchev–Trinajstić information content (AvgIpc) is 2.42. The molecular formula is C14H15Cl2NO3. The first-order valence-corrected chi connectivity index (χ1v) is 6.64. The van der Waals surface area contributed by atoms with Crippen LogP contribution < -0.4 is 0 Å². The van der Waals surface area contributed by atoms with Gasteiger partial charge in [-0.2, -0.15) is 0 Å². The number of ether oxygens (including phenoxy) is 1. The lowest BCUT2D eigenvalue weighted by Gasteiger charge is -2.13. The highest BCUT2D eigenvalue weighted by Crippen LogP contribution is 2.21. The van der Waals surface area contributed by atoms with Crippen molar-refractivity contribution in [2.45, 2.75) is 6.42 Å². The number of carbonyl (C=O) groups is 2. The molecule has 6 heteroatoms. The summed E-state index contributed by atoms with van der Waals surface area (Å²) in [5.74, 6) is -0.575. The Bertz CT molecular complexity index is 529. The summed E-state index contributed by atoms with van der Waals surface area (Å²) in [4.78, 5) is 24.2. The monoisotopic (exact) mass is 315 g/mol. The summed E-state index contributed by atoms with van der Waals surface area (Å²) < 4.78 is 4.51. The van der Waals surface area contributed by atoms with E-state index < -0.39 is 0 Å². The van der Waals surface area contributed by atoms with Gasteiger partial charge in [0.1, 0.15) is 0 Å². The topological polar surface area (TPSA) is 46.6 Å². The minimum atomic E-state index is -0.352. The zero-order valence-electron chi connectivity index (χ0n) is 11.2. The maximum Gasteiger partial charge on any atom is 0.307 e. The number of hydrogen-bond acceptors (Lipinski definition) is 3. The van der Waals surface area contributed by atoms with Crippen molar-refractivity contribution in [3.05, 3.63) is 39.9 Å². The quantitative estimate of drug-likeness (QED) is 0.620. The molecule has 1 amide bonds. The van der Waals surface area contributed by atoms with E-state index >= 15 is 0 Å². The first-order valence-electron chi connectivity index (χ1n) is 5.89. The Morgan fingerprint density at radius 1 is 1.35 bits per heavy atom. The molecule has 0 spiro atoms. The van der Waals surface area contributed by atoms with Crippen LogP contribution in [-0.2, 0) is 14.3 Å². The molecule has 4 nitrogen and oxygen atoms in total. The van der Waals surface area contributed by atoms with Crippen molar-refractivity contribution >= 4 is 41.2 Å². The first kappa shape index (κ1) is 16.5. The van der Waals surface area contributed by atoms with Crippen LogP contribution in [-0.4, -0.2) is 37.5 Å². The van der Waals surface area contributed by atoms with Gasteiger partial charge in [0, 0.05) is 29.7 Å². The van der Waals surface area contributed by atoms with Gasteiger partial charge in [0.25, 0.3) is 0 Å². The number of halogens is 2. The zero-order chi connectivity index (χ0) is 15.1. The van der Waals surface area contributed by atoms with E-state index in [9.17, 15) is 9.59 Å². The summed E-state index contributed by atoms with van der Waals surface area (Å²) in [7, 11) is 2.92. The van der Waals surface area contributed by atoms with Gasteiger partial charge in [-0.3, -0.25) is 9.59 Å². The fourth-order valence-corrected chi connectivity index (χ4v) is 1.87. The van der Waals surface area contributed by atoms with Gasteiger partial charge < -0.3 is 9.64 Å². The van der Waals surface area contributed by atoms with Gasteiger partial charge in [0.05, 0.1) is 13.5 Å². The van der Waals surface area contributed by atoms with Crippen molar-refractivity contribution in [1.29, 1.82) is 0 Å². The number of amides is 1. The van der Waals surface area contributed by atoms with E-state index in [1.54, 1.807) is 31.3 Å². The molecule has 0 saturated carbocycles. The van der Waals surface area contributed by atoms with E-state index in [2.05, 4.69) is 4.74 Å². The van der Waals surface area contributed by atoms with Gasteiger partial charge in [-0.25, -0.2) is 0 Å². The van der Waals surface area contributed by atoms with E-state index in [0.29, 0.717) is 22.2 Å². The maximum absolute atomic E-state index is 11.8. The van der Waals surface area contributed by atoms with Crippen molar-refractivity contribution in [3.8, 4) is 0 Å². The molecule has 0 aliphatic carbocycles. The molecule has 0 N–H and O–H groups in total. The number of nitrogens with zero attached hydrogens (tertiary/aromatic N) is 1. The summed E-state index contributed by atoms with van der Waals surface area (Å²) in [6.07, 6.45) is 3.16. The maximum atomic E-state index is 11.8. The molecular weight excluding hydrogens is 301 g/mol. The Morgan fingerprint density at radius 2 is 2.05 bits per heavy atom. The van der Waals surface area contributed by atoms with Gasteiger partial charge in [-0.1, -0.05) is 29.3 Å². The Hall–Kier alpha value is -1.52. The highest BCUT2D eigenvalue weighted by Gasteiger charge is 2.08. The summed E-state index contributed by atoms with van der Waals surface area (Å²) in [5, 5.41) is 1.01. The molecule has 0 aliphatic rings. The number of hydrogen-bond donors (Lipinski definition) is 0. The Kier molecular flexibility index (Phi) is 6.55. The predicted octanol–water partition coefficient (Wildman–Crippen LogP) is 3.03. The second-order valence-corrected chi connectivity index (χ2v) is 4.93. The Morgan fingerprint density at radius 3 is 2.65 bits per heavy atom. The fraction of sp³-hybridized carbons (Fsp3) is 0.286. The van der Waals surface area contributed by atoms with Gasteiger partial charge in [-0.15, -0.1) is 0 Å². The number of benzene rings is 1. The second-order valence-electron chi connectivity index (χ2n) is 4.09. The van der Waals surface area contributed by atoms with Crippen molar-refractivity contribution in [3.63, 3.8) is 0 Å². The molecule has 108 valence electrons. The molecule has 0 saturated heterocycles. The van der Waals surface area contributed by atoms with Gasteiger partial charge >= 0.3 is 5.97 Å². The lowest BCUT2D eigenvalue weighted by molar-refractivity contribution is -0.141. The summed E-state index contributed by atoms with van der Waals surface area (Å²) in [5.41, 5.74) is 0.700. The van der Waals surface area contributed by atoms with Crippen LogP contribution in [0.1, 0.15) is 12.0 Å². The minimum absolute atomic E-state index is 0.161. The van der Waals surface area contributed by atoms with Crippen molar-refractivity contribution in [2.24, 2.45) is 0 Å². The van der Waals surface area contributed by atoms with Crippen molar-refractivity contribution in [1.82, 2.24) is 4.90 Å². The number of esters is 1. The smallest absolute Gasteiger partial charge is 0.307 e. The molecule has 0 unspecified atom stereocenters. The third-order valence-electron chi connectivity index (χ3n) is 2.62. The van der Waals surface area contributed by atoms with Crippen LogP contribution in [0.3, 0.4) is 0 Å². The van der Waals surface area contributed by atoms with E-state index in [1.165, 1.54) is 18.1 Å². The summed E-state index contributed by atoms with van der Waals surface area (Å²) in [6, 6.07) is 5.02. The van der Waals surface area contributed by atoms with Crippen LogP contribution in [0.15, 0.2) is 24.3 Å². The molecule has 0 aromatic heterocycles. The largest absolute Gasteiger partial charge is 0.469 e. The average molecular weight is 316 g/mol. The SMILES string of the molecule is COC(=O)CCN(C)C(=O)/C=C/c1ccc(Cl)cc1Cl. The molecule has 0 bridgehead atoms. The number of rotatable bonds is 5. The third kappa shape index (κ3) is 5.23. The highest BCUT2D eigenvalue weighted by atomic mass is 35.5. The summed E-state index contributed by atoms with van der Waals surface area (Å²) in [6.45, 7) is 0.296. The molecule has 0 aliphatic heterocycles. The Labute approximate surface area is 127 Å². The first-order chi connectivity index (χ1) is 9.43. The van der Waals surface area contributed by atoms with Crippen molar-refractivity contribution in [2.75, 3.05) is 20.7 Å². The molecule has 0 atom stereocenters. The number of likely N-dealkylation sites (N-methyl/N-ethyl adjacent to an activating group) is 1. The second kappa shape index (κ2) is 7.92. The van der Waals surface area contributed by atoms with Crippen LogP contribution in [0.25, 0.3) is 6.08 Å². The van der Waals surface area contributed by atoms with Gasteiger partial charge in [0.15, 0.2) is 0 Å². The Balaban J connectivity index is 2.60. The lowest BCUT2D eigenvalue weighted by Crippen LogP contribution is -2.27. The van der Waals surface area contributed by atoms with Crippen LogP contribution in [0.2, 0.25) is 10.0 Å². The predicted molar refractivity (Wildman–Crippen MR) is 79.8 cm³/mol. The molecule has 0 heterocycles. The molecule has 1 aromatic rings. The molecule has 1 aromatic carbocycles. The van der Waals surface area contributed by atoms with Crippen LogP contribution in [0, 0.1) is 0 Å². The van der Waals surface area contributed by atoms with E-state index in [-0.39, 0.29) is 18.3 Å². The number of carbonyl (C=O) groups excluding carboxylic acids is 2. The third-order valence-corrected chi connectivity index (χ3v) is 3.19. The molecule has 1 rings (SSSR count). The van der Waals surface area contributed by atoms with E-state index in [1.807, 2.05) is 0 Å². The minimum Gasteiger partial charge on any atom is -0.469 e. The van der Waals surface area contributed by atoms with E-state index in [4.69, 9.17) is 23.2 Å². The summed E-state index contributed by atoms with van der Waals surface area (Å²) >= 11 is 11.8. The normalized spacial score (nSPS) is 10.6.